The normalized spacial score (nSPS) is 19.2. The third-order valence-corrected chi connectivity index (χ3v) is 6.99. The van der Waals surface area contributed by atoms with Gasteiger partial charge in [0.2, 0.25) is 11.9 Å². The molecule has 0 saturated carbocycles. The first-order valence-electron chi connectivity index (χ1n) is 11.1. The zero-order valence-corrected chi connectivity index (χ0v) is 18.7. The van der Waals surface area contributed by atoms with Crippen molar-refractivity contribution in [3.05, 3.63) is 46.5 Å². The average molecular weight is 437 g/mol. The second-order valence-corrected chi connectivity index (χ2v) is 9.31. The highest BCUT2D eigenvalue weighted by Crippen LogP contribution is 2.33. The summed E-state index contributed by atoms with van der Waals surface area (Å²) in [6, 6.07) is 4.01. The van der Waals surface area contributed by atoms with Crippen LogP contribution in [0.4, 0.5) is 5.95 Å². The summed E-state index contributed by atoms with van der Waals surface area (Å²) in [7, 11) is 1.96. The van der Waals surface area contributed by atoms with Gasteiger partial charge in [0.1, 0.15) is 0 Å². The molecule has 2 aliphatic rings. The molecule has 0 aliphatic carbocycles. The van der Waals surface area contributed by atoms with Crippen molar-refractivity contribution < 1.29 is 4.79 Å². The smallest absolute Gasteiger partial charge is 0.227 e. The fourth-order valence-corrected chi connectivity index (χ4v) is 5.35. The average Bonchev–Trinajstić information content (AvgIpc) is 3.56. The predicted molar refractivity (Wildman–Crippen MR) is 122 cm³/mol. The summed E-state index contributed by atoms with van der Waals surface area (Å²) in [4.78, 5) is 26.5. The molecule has 0 aromatic carbocycles. The Morgan fingerprint density at radius 1 is 1.19 bits per heavy atom. The van der Waals surface area contributed by atoms with Crippen molar-refractivity contribution >= 4 is 23.2 Å². The van der Waals surface area contributed by atoms with Crippen LogP contribution in [0.5, 0.6) is 0 Å². The molecule has 1 atom stereocenters. The quantitative estimate of drug-likeness (QED) is 0.613. The van der Waals surface area contributed by atoms with Crippen molar-refractivity contribution in [2.24, 2.45) is 7.05 Å². The lowest BCUT2D eigenvalue weighted by Gasteiger charge is -2.32. The fourth-order valence-electron chi connectivity index (χ4n) is 4.68. The molecule has 5 heterocycles. The molecule has 162 valence electrons. The van der Waals surface area contributed by atoms with Crippen LogP contribution in [0, 0.1) is 0 Å². The van der Waals surface area contributed by atoms with Gasteiger partial charge in [-0.25, -0.2) is 9.97 Å². The highest BCUT2D eigenvalue weighted by Gasteiger charge is 2.29. The molecule has 2 aliphatic heterocycles. The van der Waals surface area contributed by atoms with Gasteiger partial charge in [0.05, 0.1) is 17.8 Å². The standard InChI is InChI=1S/C23H28N6OS/c1-27-15-19(20-6-8-24-23(25-20)28-9-2-3-10-28)22(26-27)18-5-4-11-29(14-18)21(30)13-17-7-12-31-16-17/h6-8,12,15-16,18H,2-5,9-11,13-14H2,1H3. The number of hydrogen-bond acceptors (Lipinski definition) is 6. The number of carbonyl (C=O) groups is 1. The van der Waals surface area contributed by atoms with E-state index < -0.39 is 0 Å². The number of hydrogen-bond donors (Lipinski definition) is 0. The molecule has 0 N–H and O–H groups in total. The Kier molecular flexibility index (Phi) is 5.72. The second kappa shape index (κ2) is 8.78. The molecule has 2 saturated heterocycles. The van der Waals surface area contributed by atoms with Gasteiger partial charge in [-0.2, -0.15) is 16.4 Å². The van der Waals surface area contributed by atoms with Gasteiger partial charge >= 0.3 is 0 Å². The molecule has 1 amide bonds. The van der Waals surface area contributed by atoms with Gasteiger partial charge in [-0.15, -0.1) is 0 Å². The van der Waals surface area contributed by atoms with Crippen LogP contribution in [-0.4, -0.2) is 56.7 Å². The lowest BCUT2D eigenvalue weighted by atomic mass is 9.91. The summed E-state index contributed by atoms with van der Waals surface area (Å²) in [5, 5.41) is 8.90. The van der Waals surface area contributed by atoms with Crippen LogP contribution in [0.2, 0.25) is 0 Å². The highest BCUT2D eigenvalue weighted by molar-refractivity contribution is 7.08. The molecular weight excluding hydrogens is 408 g/mol. The van der Waals surface area contributed by atoms with E-state index in [9.17, 15) is 4.79 Å². The van der Waals surface area contributed by atoms with Crippen molar-refractivity contribution in [2.75, 3.05) is 31.1 Å². The monoisotopic (exact) mass is 436 g/mol. The molecule has 2 fully saturated rings. The maximum absolute atomic E-state index is 12.9. The largest absolute Gasteiger partial charge is 0.342 e. The van der Waals surface area contributed by atoms with Crippen LogP contribution in [0.3, 0.4) is 0 Å². The third kappa shape index (κ3) is 4.35. The number of anilines is 1. The molecule has 5 rings (SSSR count). The minimum absolute atomic E-state index is 0.207. The SMILES string of the molecule is Cn1cc(-c2ccnc(N3CCCC3)n2)c(C2CCCN(C(=O)Cc3ccsc3)C2)n1. The summed E-state index contributed by atoms with van der Waals surface area (Å²) in [5.74, 6) is 1.24. The van der Waals surface area contributed by atoms with E-state index in [1.165, 1.54) is 12.8 Å². The number of likely N-dealkylation sites (tertiary alicyclic amines) is 1. The molecule has 0 bridgehead atoms. The van der Waals surface area contributed by atoms with Gasteiger partial charge in [-0.3, -0.25) is 9.48 Å². The minimum Gasteiger partial charge on any atom is -0.342 e. The Hall–Kier alpha value is -2.74. The zero-order valence-electron chi connectivity index (χ0n) is 17.9. The van der Waals surface area contributed by atoms with Gasteiger partial charge < -0.3 is 9.80 Å². The molecule has 3 aromatic rings. The van der Waals surface area contributed by atoms with E-state index in [0.29, 0.717) is 6.42 Å². The van der Waals surface area contributed by atoms with E-state index in [1.54, 1.807) is 11.3 Å². The number of rotatable bonds is 5. The Morgan fingerprint density at radius 3 is 2.87 bits per heavy atom. The number of aryl methyl sites for hydroxylation is 1. The van der Waals surface area contributed by atoms with Crippen molar-refractivity contribution in [2.45, 2.75) is 38.0 Å². The third-order valence-electron chi connectivity index (χ3n) is 6.26. The molecule has 1 unspecified atom stereocenters. The lowest BCUT2D eigenvalue weighted by molar-refractivity contribution is -0.131. The number of aromatic nitrogens is 4. The minimum atomic E-state index is 0.207. The Labute approximate surface area is 186 Å². The van der Waals surface area contributed by atoms with Crippen LogP contribution < -0.4 is 4.90 Å². The highest BCUT2D eigenvalue weighted by atomic mass is 32.1. The van der Waals surface area contributed by atoms with Crippen LogP contribution in [-0.2, 0) is 18.3 Å². The first kappa shape index (κ1) is 20.2. The van der Waals surface area contributed by atoms with Crippen molar-refractivity contribution in [3.63, 3.8) is 0 Å². The van der Waals surface area contributed by atoms with E-state index >= 15 is 0 Å². The predicted octanol–water partition coefficient (Wildman–Crippen LogP) is 3.49. The molecule has 8 heteroatoms. The van der Waals surface area contributed by atoms with E-state index in [2.05, 4.69) is 21.5 Å². The van der Waals surface area contributed by atoms with Crippen molar-refractivity contribution in [3.8, 4) is 11.3 Å². The van der Waals surface area contributed by atoms with Crippen molar-refractivity contribution in [1.82, 2.24) is 24.6 Å². The maximum atomic E-state index is 12.9. The van der Waals surface area contributed by atoms with E-state index in [4.69, 9.17) is 10.1 Å². The van der Waals surface area contributed by atoms with Crippen LogP contribution in [0.1, 0.15) is 42.9 Å². The summed E-state index contributed by atoms with van der Waals surface area (Å²) in [6.45, 7) is 3.59. The Balaban J connectivity index is 1.37. The molecule has 31 heavy (non-hydrogen) atoms. The number of carbonyl (C=O) groups excluding carboxylic acids is 1. The Bertz CT molecular complexity index is 1040. The van der Waals surface area contributed by atoms with Gasteiger partial charge in [-0.1, -0.05) is 0 Å². The second-order valence-electron chi connectivity index (χ2n) is 8.53. The molecule has 7 nitrogen and oxygen atoms in total. The Morgan fingerprint density at radius 2 is 2.06 bits per heavy atom. The summed E-state index contributed by atoms with van der Waals surface area (Å²) in [6.07, 6.45) is 8.82. The van der Waals surface area contributed by atoms with Crippen LogP contribution in [0.15, 0.2) is 35.3 Å². The van der Waals surface area contributed by atoms with E-state index in [-0.39, 0.29) is 11.8 Å². The van der Waals surface area contributed by atoms with E-state index in [0.717, 1.165) is 67.5 Å². The number of nitrogens with zero attached hydrogens (tertiary/aromatic N) is 6. The molecular formula is C23H28N6OS. The summed E-state index contributed by atoms with van der Waals surface area (Å²) < 4.78 is 1.87. The molecule has 0 radical (unpaired) electrons. The fraction of sp³-hybridized carbons (Fsp3) is 0.478. The zero-order chi connectivity index (χ0) is 21.2. The first-order chi connectivity index (χ1) is 15.2. The summed E-state index contributed by atoms with van der Waals surface area (Å²) >= 11 is 1.64. The van der Waals surface area contributed by atoms with Crippen LogP contribution >= 0.6 is 11.3 Å². The van der Waals surface area contributed by atoms with Gasteiger partial charge in [-0.05, 0) is 54.1 Å². The maximum Gasteiger partial charge on any atom is 0.227 e. The van der Waals surface area contributed by atoms with Gasteiger partial charge in [0.25, 0.3) is 0 Å². The lowest BCUT2D eigenvalue weighted by Crippen LogP contribution is -2.40. The van der Waals surface area contributed by atoms with Gasteiger partial charge in [0, 0.05) is 57.1 Å². The summed E-state index contributed by atoms with van der Waals surface area (Å²) in [5.41, 5.74) is 4.12. The number of amides is 1. The molecule has 3 aromatic heterocycles. The van der Waals surface area contributed by atoms with E-state index in [1.807, 2.05) is 40.3 Å². The number of thiophene rings is 1. The molecule has 0 spiro atoms. The topological polar surface area (TPSA) is 67.2 Å². The van der Waals surface area contributed by atoms with Crippen LogP contribution in [0.25, 0.3) is 11.3 Å². The van der Waals surface area contributed by atoms with Crippen molar-refractivity contribution in [1.29, 1.82) is 0 Å². The number of piperidine rings is 1. The van der Waals surface area contributed by atoms with Gasteiger partial charge in [0.15, 0.2) is 0 Å². The first-order valence-corrected chi connectivity index (χ1v) is 12.0.